The van der Waals surface area contributed by atoms with Crippen molar-refractivity contribution in [2.24, 2.45) is 4.99 Å². The van der Waals surface area contributed by atoms with Crippen molar-refractivity contribution in [1.82, 2.24) is 0 Å². The van der Waals surface area contributed by atoms with Crippen LogP contribution in [0.2, 0.25) is 0 Å². The Morgan fingerprint density at radius 2 is 1.68 bits per heavy atom. The second-order valence-electron chi connectivity index (χ2n) is 5.88. The highest BCUT2D eigenvalue weighted by Gasteiger charge is 2.39. The van der Waals surface area contributed by atoms with E-state index in [0.29, 0.717) is 5.90 Å². The third-order valence-corrected chi connectivity index (χ3v) is 4.38. The zero-order valence-corrected chi connectivity index (χ0v) is 13.8. The van der Waals surface area contributed by atoms with Gasteiger partial charge in [-0.1, -0.05) is 60.7 Å². The monoisotopic (exact) mass is 331 g/mol. The Hall–Kier alpha value is -3.14. The third kappa shape index (κ3) is 2.76. The van der Waals surface area contributed by atoms with Crippen LogP contribution in [0.25, 0.3) is 10.8 Å². The van der Waals surface area contributed by atoms with Crippen molar-refractivity contribution in [3.8, 4) is 0 Å². The minimum Gasteiger partial charge on any atom is -0.467 e. The van der Waals surface area contributed by atoms with E-state index in [1.165, 1.54) is 7.11 Å². The average Bonchev–Trinajstić information content (AvgIpc) is 3.13. The van der Waals surface area contributed by atoms with Gasteiger partial charge >= 0.3 is 5.97 Å². The van der Waals surface area contributed by atoms with E-state index in [-0.39, 0.29) is 0 Å². The Kier molecular flexibility index (Phi) is 3.94. The Bertz CT molecular complexity index is 944. The van der Waals surface area contributed by atoms with Crippen molar-refractivity contribution in [2.45, 2.75) is 12.1 Å². The number of methoxy groups -OCH3 is 1. The quantitative estimate of drug-likeness (QED) is 0.684. The van der Waals surface area contributed by atoms with Gasteiger partial charge < -0.3 is 9.47 Å². The SMILES string of the molecule is COC(=O)[C@H]1N=C(c2ccccc2)O[C@@H]1c1cccc2ccccc12. The van der Waals surface area contributed by atoms with Crippen LogP contribution < -0.4 is 0 Å². The number of rotatable bonds is 3. The van der Waals surface area contributed by atoms with Crippen molar-refractivity contribution < 1.29 is 14.3 Å². The van der Waals surface area contributed by atoms with Crippen LogP contribution in [0, 0.1) is 0 Å². The number of fused-ring (bicyclic) bond motifs is 1. The Labute approximate surface area is 145 Å². The molecular weight excluding hydrogens is 314 g/mol. The lowest BCUT2D eigenvalue weighted by molar-refractivity contribution is -0.143. The van der Waals surface area contributed by atoms with Crippen LogP contribution >= 0.6 is 0 Å². The van der Waals surface area contributed by atoms with E-state index in [4.69, 9.17) is 9.47 Å². The normalized spacial score (nSPS) is 19.3. The first-order chi connectivity index (χ1) is 12.3. The molecule has 0 aromatic heterocycles. The summed E-state index contributed by atoms with van der Waals surface area (Å²) in [6, 6.07) is 22.9. The van der Waals surface area contributed by atoms with Crippen LogP contribution in [0.5, 0.6) is 0 Å². The zero-order valence-electron chi connectivity index (χ0n) is 13.8. The van der Waals surface area contributed by atoms with Gasteiger partial charge in [0, 0.05) is 11.1 Å². The van der Waals surface area contributed by atoms with Crippen molar-refractivity contribution in [1.29, 1.82) is 0 Å². The molecule has 0 saturated heterocycles. The summed E-state index contributed by atoms with van der Waals surface area (Å²) in [7, 11) is 1.37. The minimum absolute atomic E-state index is 0.399. The van der Waals surface area contributed by atoms with Crippen LogP contribution in [-0.2, 0) is 14.3 Å². The number of carbonyl (C=O) groups excluding carboxylic acids is 1. The first kappa shape index (κ1) is 15.4. The first-order valence-corrected chi connectivity index (χ1v) is 8.13. The summed E-state index contributed by atoms with van der Waals surface area (Å²) >= 11 is 0. The molecule has 1 heterocycles. The van der Waals surface area contributed by atoms with E-state index < -0.39 is 18.1 Å². The van der Waals surface area contributed by atoms with Gasteiger partial charge in [-0.25, -0.2) is 9.79 Å². The molecule has 0 bridgehead atoms. The fourth-order valence-electron chi connectivity index (χ4n) is 3.16. The maximum Gasteiger partial charge on any atom is 0.335 e. The third-order valence-electron chi connectivity index (χ3n) is 4.38. The van der Waals surface area contributed by atoms with Crippen molar-refractivity contribution >= 4 is 22.6 Å². The summed E-state index contributed by atoms with van der Waals surface area (Å²) < 4.78 is 11.1. The van der Waals surface area contributed by atoms with Gasteiger partial charge in [-0.15, -0.1) is 0 Å². The predicted octanol–water partition coefficient (Wildman–Crippen LogP) is 3.90. The van der Waals surface area contributed by atoms with Crippen molar-refractivity contribution in [2.75, 3.05) is 7.11 Å². The lowest BCUT2D eigenvalue weighted by Gasteiger charge is -2.18. The van der Waals surface area contributed by atoms with Gasteiger partial charge in [-0.2, -0.15) is 0 Å². The molecule has 0 N–H and O–H groups in total. The van der Waals surface area contributed by atoms with E-state index in [1.807, 2.05) is 72.8 Å². The summed E-state index contributed by atoms with van der Waals surface area (Å²) in [6.07, 6.45) is -0.506. The second-order valence-corrected chi connectivity index (χ2v) is 5.88. The van der Waals surface area contributed by atoms with Gasteiger partial charge in [0.15, 0.2) is 12.1 Å². The number of esters is 1. The molecule has 0 amide bonds. The number of hydrogen-bond donors (Lipinski definition) is 0. The number of hydrogen-bond acceptors (Lipinski definition) is 4. The first-order valence-electron chi connectivity index (χ1n) is 8.13. The van der Waals surface area contributed by atoms with Crippen molar-refractivity contribution in [3.05, 3.63) is 83.9 Å². The van der Waals surface area contributed by atoms with Crippen LogP contribution in [-0.4, -0.2) is 25.0 Å². The molecule has 3 aromatic rings. The summed E-state index contributed by atoms with van der Waals surface area (Å²) in [5.41, 5.74) is 1.78. The van der Waals surface area contributed by atoms with Gasteiger partial charge in [0.2, 0.25) is 5.90 Å². The van der Waals surface area contributed by atoms with E-state index in [1.54, 1.807) is 0 Å². The number of nitrogens with zero attached hydrogens (tertiary/aromatic N) is 1. The maximum atomic E-state index is 12.3. The molecule has 0 saturated carbocycles. The number of aliphatic imine (C=N–C) groups is 1. The Balaban J connectivity index is 1.79. The molecular formula is C21H17NO3. The number of ether oxygens (including phenoxy) is 2. The predicted molar refractivity (Wildman–Crippen MR) is 96.6 cm³/mol. The number of carbonyl (C=O) groups is 1. The standard InChI is InChI=1S/C21H17NO3/c1-24-21(23)18-19(25-20(22-18)15-9-3-2-4-10-15)17-13-7-11-14-8-5-6-12-16(14)17/h2-13,18-19H,1H3/t18-,19+/m0/s1. The maximum absolute atomic E-state index is 12.3. The molecule has 2 atom stereocenters. The molecule has 0 spiro atoms. The molecule has 1 aliphatic heterocycles. The van der Waals surface area contributed by atoms with Crippen LogP contribution in [0.4, 0.5) is 0 Å². The molecule has 0 fully saturated rings. The molecule has 25 heavy (non-hydrogen) atoms. The lowest BCUT2D eigenvalue weighted by Crippen LogP contribution is -2.25. The molecule has 0 aliphatic carbocycles. The molecule has 3 aromatic carbocycles. The largest absolute Gasteiger partial charge is 0.467 e. The minimum atomic E-state index is -0.717. The van der Waals surface area contributed by atoms with E-state index in [2.05, 4.69) is 4.99 Å². The summed E-state index contributed by atoms with van der Waals surface area (Å²) in [6.45, 7) is 0. The Morgan fingerprint density at radius 1 is 0.960 bits per heavy atom. The van der Waals surface area contributed by atoms with E-state index in [9.17, 15) is 4.79 Å². The average molecular weight is 331 g/mol. The fourth-order valence-corrected chi connectivity index (χ4v) is 3.16. The molecule has 4 heteroatoms. The lowest BCUT2D eigenvalue weighted by atomic mass is 9.96. The summed E-state index contributed by atoms with van der Waals surface area (Å²) in [5.74, 6) is 0.0674. The highest BCUT2D eigenvalue weighted by Crippen LogP contribution is 2.35. The molecule has 0 radical (unpaired) electrons. The summed E-state index contributed by atoms with van der Waals surface area (Å²) in [4.78, 5) is 16.8. The highest BCUT2D eigenvalue weighted by atomic mass is 16.5. The van der Waals surface area contributed by atoms with Crippen LogP contribution in [0.3, 0.4) is 0 Å². The van der Waals surface area contributed by atoms with Crippen molar-refractivity contribution in [3.63, 3.8) is 0 Å². The molecule has 1 aliphatic rings. The number of benzene rings is 3. The van der Waals surface area contributed by atoms with Gasteiger partial charge in [-0.3, -0.25) is 0 Å². The van der Waals surface area contributed by atoms with Gasteiger partial charge in [0.05, 0.1) is 7.11 Å². The molecule has 4 nitrogen and oxygen atoms in total. The van der Waals surface area contributed by atoms with Gasteiger partial charge in [0.25, 0.3) is 0 Å². The molecule has 4 rings (SSSR count). The van der Waals surface area contributed by atoms with Gasteiger partial charge in [-0.05, 0) is 22.9 Å². The second kappa shape index (κ2) is 6.40. The Morgan fingerprint density at radius 3 is 2.48 bits per heavy atom. The van der Waals surface area contributed by atoms with E-state index in [0.717, 1.165) is 21.9 Å². The molecule has 0 unspecified atom stereocenters. The molecule has 124 valence electrons. The highest BCUT2D eigenvalue weighted by molar-refractivity contribution is 5.99. The van der Waals surface area contributed by atoms with Gasteiger partial charge in [0.1, 0.15) is 0 Å². The topological polar surface area (TPSA) is 47.9 Å². The van der Waals surface area contributed by atoms with Crippen LogP contribution in [0.15, 0.2) is 77.8 Å². The summed E-state index contributed by atoms with van der Waals surface area (Å²) in [5, 5.41) is 2.15. The van der Waals surface area contributed by atoms with Crippen LogP contribution in [0.1, 0.15) is 17.2 Å². The smallest absolute Gasteiger partial charge is 0.335 e. The zero-order chi connectivity index (χ0) is 17.2. The fraction of sp³-hybridized carbons (Fsp3) is 0.143. The van der Waals surface area contributed by atoms with E-state index >= 15 is 0 Å².